The monoisotopic (exact) mass is 296 g/mol. The van der Waals surface area contributed by atoms with Crippen molar-refractivity contribution in [3.63, 3.8) is 0 Å². The lowest BCUT2D eigenvalue weighted by molar-refractivity contribution is -0.0386. The fourth-order valence-electron chi connectivity index (χ4n) is 2.14. The molecule has 0 saturated carbocycles. The first kappa shape index (κ1) is 14.1. The van der Waals surface area contributed by atoms with E-state index in [2.05, 4.69) is 9.98 Å². The Kier molecular flexibility index (Phi) is 4.02. The first-order valence-electron chi connectivity index (χ1n) is 6.78. The summed E-state index contributed by atoms with van der Waals surface area (Å²) >= 11 is 0. The van der Waals surface area contributed by atoms with Crippen molar-refractivity contribution < 1.29 is 9.94 Å². The molecule has 0 fully saturated rings. The van der Waals surface area contributed by atoms with Gasteiger partial charge in [-0.2, -0.15) is 0 Å². The number of benzene rings is 1. The molecule has 2 heterocycles. The molecule has 0 radical (unpaired) electrons. The summed E-state index contributed by atoms with van der Waals surface area (Å²) in [5.74, 6) is 0.782. The van der Waals surface area contributed by atoms with Gasteiger partial charge in [0.1, 0.15) is 12.4 Å². The van der Waals surface area contributed by atoms with E-state index in [-0.39, 0.29) is 6.67 Å². The molecule has 1 aliphatic heterocycles. The minimum absolute atomic E-state index is 0.234. The number of hydroxylamine groups is 2. The van der Waals surface area contributed by atoms with E-state index in [1.807, 2.05) is 41.2 Å². The molecule has 0 aliphatic carbocycles. The van der Waals surface area contributed by atoms with Gasteiger partial charge in [0.2, 0.25) is 0 Å². The van der Waals surface area contributed by atoms with E-state index >= 15 is 0 Å². The predicted molar refractivity (Wildman–Crippen MR) is 84.6 cm³/mol. The largest absolute Gasteiger partial charge is 0.496 e. The van der Waals surface area contributed by atoms with Crippen molar-refractivity contribution in [3.8, 4) is 5.75 Å². The van der Waals surface area contributed by atoms with Gasteiger partial charge in [0.25, 0.3) is 0 Å². The van der Waals surface area contributed by atoms with Gasteiger partial charge < -0.3 is 9.30 Å². The normalized spacial score (nSPS) is 14.5. The number of ether oxygens (including phenoxy) is 1. The summed E-state index contributed by atoms with van der Waals surface area (Å²) in [4.78, 5) is 8.31. The maximum Gasteiger partial charge on any atom is 0.135 e. The second kappa shape index (κ2) is 6.28. The van der Waals surface area contributed by atoms with Crippen molar-refractivity contribution in [1.29, 1.82) is 0 Å². The second-order valence-electron chi connectivity index (χ2n) is 4.72. The van der Waals surface area contributed by atoms with E-state index < -0.39 is 0 Å². The van der Waals surface area contributed by atoms with Crippen LogP contribution in [0.5, 0.6) is 5.75 Å². The summed E-state index contributed by atoms with van der Waals surface area (Å²) in [6.45, 7) is 0.234. The van der Waals surface area contributed by atoms with Gasteiger partial charge >= 0.3 is 0 Å². The van der Waals surface area contributed by atoms with Crippen LogP contribution in [-0.4, -0.2) is 39.3 Å². The molecular weight excluding hydrogens is 280 g/mol. The minimum Gasteiger partial charge on any atom is -0.496 e. The lowest BCUT2D eigenvalue weighted by Crippen LogP contribution is -2.18. The van der Waals surface area contributed by atoms with Gasteiger partial charge in [-0.25, -0.2) is 10.0 Å². The van der Waals surface area contributed by atoms with Crippen LogP contribution >= 0.6 is 0 Å². The third kappa shape index (κ3) is 3.07. The maximum atomic E-state index is 9.30. The van der Waals surface area contributed by atoms with Gasteiger partial charge in [0, 0.05) is 35.9 Å². The van der Waals surface area contributed by atoms with Gasteiger partial charge in [-0.15, -0.1) is 0 Å². The van der Waals surface area contributed by atoms with Crippen LogP contribution in [0.15, 0.2) is 54.2 Å². The average molecular weight is 296 g/mol. The highest BCUT2D eigenvalue weighted by Gasteiger charge is 2.08. The molecule has 6 nitrogen and oxygen atoms in total. The Bertz CT molecular complexity index is 733. The lowest BCUT2D eigenvalue weighted by Gasteiger charge is -2.15. The molecule has 0 unspecified atom stereocenters. The number of aliphatic imine (C=N–C) groups is 1. The first-order chi connectivity index (χ1) is 10.8. The Morgan fingerprint density at radius 2 is 2.27 bits per heavy atom. The summed E-state index contributed by atoms with van der Waals surface area (Å²) in [6, 6.07) is 5.86. The molecule has 1 aromatic carbocycles. The van der Waals surface area contributed by atoms with Crippen LogP contribution in [0, 0.1) is 0 Å². The fourth-order valence-corrected chi connectivity index (χ4v) is 2.14. The van der Waals surface area contributed by atoms with Gasteiger partial charge in [0.05, 0.1) is 19.1 Å². The fraction of sp³-hybridized carbons (Fsp3) is 0.125. The highest BCUT2D eigenvalue weighted by atomic mass is 16.5. The summed E-state index contributed by atoms with van der Waals surface area (Å²) in [6.07, 6.45) is 12.5. The van der Waals surface area contributed by atoms with E-state index in [0.29, 0.717) is 0 Å². The van der Waals surface area contributed by atoms with E-state index in [1.54, 1.807) is 31.9 Å². The minimum atomic E-state index is 0.234. The zero-order valence-electron chi connectivity index (χ0n) is 12.1. The molecule has 1 aromatic heterocycles. The Hall–Kier alpha value is -2.86. The molecule has 1 N–H and O–H groups in total. The van der Waals surface area contributed by atoms with Crippen LogP contribution in [0.3, 0.4) is 0 Å². The number of imidazole rings is 1. The van der Waals surface area contributed by atoms with E-state index in [4.69, 9.17) is 4.74 Å². The second-order valence-corrected chi connectivity index (χ2v) is 4.72. The molecule has 6 heteroatoms. The number of methoxy groups -OCH3 is 1. The van der Waals surface area contributed by atoms with E-state index in [1.165, 1.54) is 0 Å². The van der Waals surface area contributed by atoms with Crippen molar-refractivity contribution in [3.05, 3.63) is 60.3 Å². The van der Waals surface area contributed by atoms with E-state index in [0.717, 1.165) is 27.7 Å². The Labute approximate surface area is 128 Å². The standard InChI is InChI=1S/C16H16N4O2/c1-22-16-3-2-13(15-5-8-20(21)12-18-15)10-14(16)4-7-19-9-6-17-11-19/h2-11,21H,12H2,1H3. The summed E-state index contributed by atoms with van der Waals surface area (Å²) in [5, 5.41) is 10.3. The molecule has 0 bridgehead atoms. The van der Waals surface area contributed by atoms with E-state index in [9.17, 15) is 5.21 Å². The molecular formula is C16H16N4O2. The average Bonchev–Trinajstić information content (AvgIpc) is 3.07. The van der Waals surface area contributed by atoms with Gasteiger partial charge in [-0.3, -0.25) is 10.2 Å². The molecule has 0 saturated heterocycles. The van der Waals surface area contributed by atoms with Crippen LogP contribution in [0.4, 0.5) is 0 Å². The zero-order chi connectivity index (χ0) is 15.4. The van der Waals surface area contributed by atoms with Crippen LogP contribution in [0.1, 0.15) is 11.1 Å². The number of allylic oxidation sites excluding steroid dienone is 1. The van der Waals surface area contributed by atoms with Gasteiger partial charge in [0.15, 0.2) is 0 Å². The van der Waals surface area contributed by atoms with Crippen molar-refractivity contribution in [2.75, 3.05) is 13.8 Å². The number of aromatic nitrogens is 2. The highest BCUT2D eigenvalue weighted by Crippen LogP contribution is 2.23. The van der Waals surface area contributed by atoms with Gasteiger partial charge in [-0.1, -0.05) is 0 Å². The number of nitrogens with zero attached hydrogens (tertiary/aromatic N) is 4. The van der Waals surface area contributed by atoms with Crippen LogP contribution in [0.2, 0.25) is 0 Å². The quantitative estimate of drug-likeness (QED) is 0.941. The molecule has 2 aromatic rings. The molecule has 3 rings (SSSR count). The summed E-state index contributed by atoms with van der Waals surface area (Å²) in [5.41, 5.74) is 2.73. The van der Waals surface area contributed by atoms with Crippen molar-refractivity contribution in [2.45, 2.75) is 0 Å². The van der Waals surface area contributed by atoms with Gasteiger partial charge in [-0.05, 0) is 30.4 Å². The third-order valence-corrected chi connectivity index (χ3v) is 3.27. The molecule has 1 aliphatic rings. The summed E-state index contributed by atoms with van der Waals surface area (Å²) < 4.78 is 7.25. The van der Waals surface area contributed by atoms with Crippen LogP contribution in [0.25, 0.3) is 12.3 Å². The molecule has 0 atom stereocenters. The molecule has 112 valence electrons. The Morgan fingerprint density at radius 3 is 2.95 bits per heavy atom. The van der Waals surface area contributed by atoms with Crippen LogP contribution in [-0.2, 0) is 0 Å². The Morgan fingerprint density at radius 1 is 1.36 bits per heavy atom. The zero-order valence-corrected chi connectivity index (χ0v) is 12.1. The summed E-state index contributed by atoms with van der Waals surface area (Å²) in [7, 11) is 1.64. The topological polar surface area (TPSA) is 62.9 Å². The predicted octanol–water partition coefficient (Wildman–Crippen LogP) is 2.48. The van der Waals surface area contributed by atoms with Crippen molar-refractivity contribution >= 4 is 18.0 Å². The lowest BCUT2D eigenvalue weighted by atomic mass is 10.0. The molecule has 22 heavy (non-hydrogen) atoms. The number of hydrogen-bond donors (Lipinski definition) is 1. The van der Waals surface area contributed by atoms with Crippen molar-refractivity contribution in [2.24, 2.45) is 4.99 Å². The highest BCUT2D eigenvalue weighted by molar-refractivity contribution is 6.09. The van der Waals surface area contributed by atoms with Crippen molar-refractivity contribution in [1.82, 2.24) is 14.6 Å². The third-order valence-electron chi connectivity index (χ3n) is 3.27. The molecule has 0 spiro atoms. The number of hydrogen-bond acceptors (Lipinski definition) is 5. The SMILES string of the molecule is COc1ccc(C2=NCN(O)C=C2)cc1C=Cn1ccnc1. The first-order valence-corrected chi connectivity index (χ1v) is 6.78. The molecule has 0 amide bonds. The van der Waals surface area contributed by atoms with Crippen LogP contribution < -0.4 is 4.74 Å². The number of rotatable bonds is 4. The maximum absolute atomic E-state index is 9.30. The Balaban J connectivity index is 1.91. The smallest absolute Gasteiger partial charge is 0.135 e.